The van der Waals surface area contributed by atoms with E-state index in [1.807, 2.05) is 42.5 Å². The molecule has 0 aliphatic heterocycles. The van der Waals surface area contributed by atoms with Crippen LogP contribution < -0.4 is 5.32 Å². The highest BCUT2D eigenvalue weighted by Crippen LogP contribution is 2.23. The second-order valence-corrected chi connectivity index (χ2v) is 5.67. The first-order valence-corrected chi connectivity index (χ1v) is 7.41. The van der Waals surface area contributed by atoms with E-state index in [0.717, 1.165) is 21.4 Å². The van der Waals surface area contributed by atoms with Crippen molar-refractivity contribution in [3.05, 3.63) is 63.9 Å². The van der Waals surface area contributed by atoms with Crippen molar-refractivity contribution >= 4 is 33.2 Å². The van der Waals surface area contributed by atoms with Gasteiger partial charge in [-0.3, -0.25) is 0 Å². The van der Waals surface area contributed by atoms with E-state index in [4.69, 9.17) is 11.6 Å². The molecule has 5 nitrogen and oxygen atoms in total. The molecule has 0 saturated heterocycles. The minimum atomic E-state index is 0.687. The minimum Gasteiger partial charge on any atom is -0.381 e. The summed E-state index contributed by atoms with van der Waals surface area (Å²) in [6.07, 6.45) is 1.56. The average molecular weight is 365 g/mol. The lowest BCUT2D eigenvalue weighted by Gasteiger charge is -2.09. The maximum atomic E-state index is 6.09. The molecular formula is C14H11BrClN5. The number of aromatic nitrogens is 4. The highest BCUT2D eigenvalue weighted by molar-refractivity contribution is 9.10. The lowest BCUT2D eigenvalue weighted by Crippen LogP contribution is -2.01. The van der Waals surface area contributed by atoms with E-state index in [9.17, 15) is 0 Å². The molecule has 7 heteroatoms. The first kappa shape index (κ1) is 14.0. The number of halogens is 2. The maximum absolute atomic E-state index is 6.09. The molecule has 0 radical (unpaired) electrons. The predicted molar refractivity (Wildman–Crippen MR) is 85.6 cm³/mol. The zero-order chi connectivity index (χ0) is 14.7. The molecule has 3 aromatic rings. The molecule has 0 atom stereocenters. The van der Waals surface area contributed by atoms with E-state index >= 15 is 0 Å². The van der Waals surface area contributed by atoms with Gasteiger partial charge in [0.25, 0.3) is 0 Å². The SMILES string of the molecule is Clc1cc(CNc2cccc(-n3cnnn3)c2)ccc1Br. The molecule has 0 fully saturated rings. The fourth-order valence-electron chi connectivity index (χ4n) is 1.89. The van der Waals surface area contributed by atoms with E-state index in [-0.39, 0.29) is 0 Å². The van der Waals surface area contributed by atoms with Crippen LogP contribution >= 0.6 is 27.5 Å². The lowest BCUT2D eigenvalue weighted by molar-refractivity contribution is 0.789. The molecule has 0 spiro atoms. The molecule has 0 saturated carbocycles. The van der Waals surface area contributed by atoms with Crippen LogP contribution in [0.3, 0.4) is 0 Å². The second kappa shape index (κ2) is 6.24. The molecule has 0 aliphatic carbocycles. The van der Waals surface area contributed by atoms with Crippen molar-refractivity contribution in [3.8, 4) is 5.69 Å². The summed E-state index contributed by atoms with van der Waals surface area (Å²) in [7, 11) is 0. The van der Waals surface area contributed by atoms with Crippen molar-refractivity contribution in [1.82, 2.24) is 20.2 Å². The number of anilines is 1. The van der Waals surface area contributed by atoms with Crippen LogP contribution in [0.1, 0.15) is 5.56 Å². The number of nitrogens with zero attached hydrogens (tertiary/aromatic N) is 4. The molecule has 106 valence electrons. The molecule has 0 amide bonds. The van der Waals surface area contributed by atoms with Crippen LogP contribution in [-0.4, -0.2) is 20.2 Å². The van der Waals surface area contributed by atoms with E-state index in [0.29, 0.717) is 11.6 Å². The number of rotatable bonds is 4. The fraction of sp³-hybridized carbons (Fsp3) is 0.0714. The van der Waals surface area contributed by atoms with Gasteiger partial charge in [0.05, 0.1) is 10.7 Å². The summed E-state index contributed by atoms with van der Waals surface area (Å²) in [5.41, 5.74) is 3.00. The summed E-state index contributed by atoms with van der Waals surface area (Å²) in [5, 5.41) is 15.2. The highest BCUT2D eigenvalue weighted by Gasteiger charge is 2.02. The van der Waals surface area contributed by atoms with E-state index in [2.05, 4.69) is 36.8 Å². The maximum Gasteiger partial charge on any atom is 0.143 e. The van der Waals surface area contributed by atoms with Gasteiger partial charge in [-0.25, -0.2) is 4.68 Å². The first-order chi connectivity index (χ1) is 10.2. The Hall–Kier alpha value is -1.92. The molecule has 1 heterocycles. The number of benzene rings is 2. The van der Waals surface area contributed by atoms with Crippen LogP contribution in [0.25, 0.3) is 5.69 Å². The van der Waals surface area contributed by atoms with Crippen LogP contribution in [0.15, 0.2) is 53.3 Å². The van der Waals surface area contributed by atoms with Crippen LogP contribution in [0.5, 0.6) is 0 Å². The van der Waals surface area contributed by atoms with Crippen molar-refractivity contribution in [2.24, 2.45) is 0 Å². The van der Waals surface area contributed by atoms with Gasteiger partial charge in [0, 0.05) is 16.7 Å². The number of hydrogen-bond acceptors (Lipinski definition) is 4. The Morgan fingerprint density at radius 2 is 2.10 bits per heavy atom. The zero-order valence-corrected chi connectivity index (χ0v) is 13.2. The largest absolute Gasteiger partial charge is 0.381 e. The third-order valence-corrected chi connectivity index (χ3v) is 4.17. The monoisotopic (exact) mass is 363 g/mol. The van der Waals surface area contributed by atoms with Gasteiger partial charge in [-0.15, -0.1) is 5.10 Å². The van der Waals surface area contributed by atoms with Gasteiger partial charge in [0.2, 0.25) is 0 Å². The molecule has 21 heavy (non-hydrogen) atoms. The molecule has 2 aromatic carbocycles. The summed E-state index contributed by atoms with van der Waals surface area (Å²) in [4.78, 5) is 0. The molecule has 0 unspecified atom stereocenters. The van der Waals surface area contributed by atoms with Crippen LogP contribution in [-0.2, 0) is 6.54 Å². The number of nitrogens with one attached hydrogen (secondary N) is 1. The van der Waals surface area contributed by atoms with Crippen LogP contribution in [0, 0.1) is 0 Å². The highest BCUT2D eigenvalue weighted by atomic mass is 79.9. The Morgan fingerprint density at radius 1 is 1.19 bits per heavy atom. The average Bonchev–Trinajstić information content (AvgIpc) is 3.03. The molecule has 0 aliphatic rings. The normalized spacial score (nSPS) is 10.6. The molecule has 1 N–H and O–H groups in total. The summed E-state index contributed by atoms with van der Waals surface area (Å²) in [6.45, 7) is 0.687. The van der Waals surface area contributed by atoms with E-state index in [1.54, 1.807) is 11.0 Å². The van der Waals surface area contributed by atoms with Crippen LogP contribution in [0.4, 0.5) is 5.69 Å². The molecule has 3 rings (SSSR count). The van der Waals surface area contributed by atoms with Gasteiger partial charge >= 0.3 is 0 Å². The third-order valence-electron chi connectivity index (χ3n) is 2.94. The Kier molecular flexibility index (Phi) is 4.17. The fourth-order valence-corrected chi connectivity index (χ4v) is 2.34. The van der Waals surface area contributed by atoms with Gasteiger partial charge in [-0.2, -0.15) is 0 Å². The summed E-state index contributed by atoms with van der Waals surface area (Å²) < 4.78 is 2.51. The Bertz CT molecular complexity index is 745. The van der Waals surface area contributed by atoms with E-state index < -0.39 is 0 Å². The molecule has 0 bridgehead atoms. The summed E-state index contributed by atoms with van der Waals surface area (Å²) in [5.74, 6) is 0. The number of tetrazole rings is 1. The Balaban J connectivity index is 1.73. The van der Waals surface area contributed by atoms with Gasteiger partial charge < -0.3 is 5.32 Å². The summed E-state index contributed by atoms with van der Waals surface area (Å²) >= 11 is 9.47. The van der Waals surface area contributed by atoms with Crippen molar-refractivity contribution in [2.45, 2.75) is 6.54 Å². The molecule has 1 aromatic heterocycles. The van der Waals surface area contributed by atoms with Gasteiger partial charge in [0.15, 0.2) is 0 Å². The topological polar surface area (TPSA) is 55.6 Å². The van der Waals surface area contributed by atoms with Crippen LogP contribution in [0.2, 0.25) is 5.02 Å². The van der Waals surface area contributed by atoms with E-state index in [1.165, 1.54) is 0 Å². The van der Waals surface area contributed by atoms with Gasteiger partial charge in [-0.1, -0.05) is 23.7 Å². The summed E-state index contributed by atoms with van der Waals surface area (Å²) in [6, 6.07) is 13.8. The van der Waals surface area contributed by atoms with Crippen molar-refractivity contribution in [1.29, 1.82) is 0 Å². The molecular weight excluding hydrogens is 354 g/mol. The lowest BCUT2D eigenvalue weighted by atomic mass is 10.2. The third kappa shape index (κ3) is 3.40. The number of hydrogen-bond donors (Lipinski definition) is 1. The first-order valence-electron chi connectivity index (χ1n) is 6.23. The van der Waals surface area contributed by atoms with Crippen molar-refractivity contribution < 1.29 is 0 Å². The van der Waals surface area contributed by atoms with Crippen molar-refractivity contribution in [3.63, 3.8) is 0 Å². The standard InChI is InChI=1S/C14H11BrClN5/c15-13-5-4-10(6-14(13)16)8-17-11-2-1-3-12(7-11)21-9-18-19-20-21/h1-7,9,17H,8H2. The van der Waals surface area contributed by atoms with Crippen molar-refractivity contribution in [2.75, 3.05) is 5.32 Å². The van der Waals surface area contributed by atoms with Gasteiger partial charge in [0.1, 0.15) is 6.33 Å². The van der Waals surface area contributed by atoms with Gasteiger partial charge in [-0.05, 0) is 62.3 Å². The zero-order valence-electron chi connectivity index (χ0n) is 10.9. The quantitative estimate of drug-likeness (QED) is 0.767. The Labute approximate surface area is 135 Å². The minimum absolute atomic E-state index is 0.687. The predicted octanol–water partition coefficient (Wildman–Crippen LogP) is 3.69. The Morgan fingerprint density at radius 3 is 2.86 bits per heavy atom. The second-order valence-electron chi connectivity index (χ2n) is 4.41. The smallest absolute Gasteiger partial charge is 0.143 e.